The second-order valence-corrected chi connectivity index (χ2v) is 5.68. The molecule has 1 atom stereocenters. The van der Waals surface area contributed by atoms with Crippen molar-refractivity contribution in [3.63, 3.8) is 0 Å². The summed E-state index contributed by atoms with van der Waals surface area (Å²) in [6.07, 6.45) is 3.81. The van der Waals surface area contributed by atoms with Gasteiger partial charge in [-0.2, -0.15) is 0 Å². The van der Waals surface area contributed by atoms with Gasteiger partial charge >= 0.3 is 0 Å². The normalized spacial score (nSPS) is 20.2. The van der Waals surface area contributed by atoms with Gasteiger partial charge in [0.05, 0.1) is 0 Å². The third kappa shape index (κ3) is 2.80. The largest absolute Gasteiger partial charge is 0.310 e. The van der Waals surface area contributed by atoms with Crippen LogP contribution in [-0.2, 0) is 0 Å². The molecule has 0 fully saturated rings. The maximum Gasteiger partial charge on any atom is 0.0331 e. The molecule has 0 amide bonds. The Morgan fingerprint density at radius 2 is 2.31 bits per heavy atom. The summed E-state index contributed by atoms with van der Waals surface area (Å²) in [5.41, 5.74) is 2.90. The summed E-state index contributed by atoms with van der Waals surface area (Å²) in [6.45, 7) is 5.55. The lowest BCUT2D eigenvalue weighted by molar-refractivity contribution is 0.493. The molecule has 2 rings (SSSR count). The maximum absolute atomic E-state index is 3.68. The smallest absolute Gasteiger partial charge is 0.0331 e. The first kappa shape index (κ1) is 12.0. The van der Waals surface area contributed by atoms with E-state index >= 15 is 0 Å². The van der Waals surface area contributed by atoms with Gasteiger partial charge in [-0.3, -0.25) is 0 Å². The lowest BCUT2D eigenvalue weighted by Gasteiger charge is -2.19. The number of aryl methyl sites for hydroxylation is 1. The molecule has 0 bridgehead atoms. The third-order valence-electron chi connectivity index (χ3n) is 3.08. The van der Waals surface area contributed by atoms with Gasteiger partial charge in [-0.15, -0.1) is 11.8 Å². The molecule has 16 heavy (non-hydrogen) atoms. The number of benzene rings is 1. The molecule has 88 valence electrons. The zero-order valence-corrected chi connectivity index (χ0v) is 11.1. The van der Waals surface area contributed by atoms with E-state index in [9.17, 15) is 0 Å². The standard InChI is InChI=1S/C14H21NS/c1-3-8-15-13-5-4-9-16-14-7-6-11(2)10-12(13)14/h6-7,10,13,15H,3-5,8-9H2,1-2H3. The van der Waals surface area contributed by atoms with Crippen molar-refractivity contribution in [1.29, 1.82) is 0 Å². The molecule has 2 heteroatoms. The summed E-state index contributed by atoms with van der Waals surface area (Å²) in [5, 5.41) is 3.68. The van der Waals surface area contributed by atoms with Crippen LogP contribution in [0.1, 0.15) is 43.4 Å². The van der Waals surface area contributed by atoms with E-state index in [0.717, 1.165) is 6.54 Å². The minimum absolute atomic E-state index is 0.574. The van der Waals surface area contributed by atoms with Crippen molar-refractivity contribution < 1.29 is 0 Å². The van der Waals surface area contributed by atoms with Gasteiger partial charge in [0.2, 0.25) is 0 Å². The van der Waals surface area contributed by atoms with E-state index < -0.39 is 0 Å². The van der Waals surface area contributed by atoms with Crippen molar-refractivity contribution in [2.75, 3.05) is 12.3 Å². The highest BCUT2D eigenvalue weighted by Crippen LogP contribution is 2.35. The summed E-state index contributed by atoms with van der Waals surface area (Å²) in [6, 6.07) is 7.46. The van der Waals surface area contributed by atoms with Crippen LogP contribution in [0.15, 0.2) is 23.1 Å². The second-order valence-electron chi connectivity index (χ2n) is 4.54. The molecule has 1 aliphatic rings. The van der Waals surface area contributed by atoms with E-state index in [1.54, 1.807) is 0 Å². The van der Waals surface area contributed by atoms with Gasteiger partial charge in [-0.05, 0) is 50.1 Å². The van der Waals surface area contributed by atoms with Gasteiger partial charge in [0.15, 0.2) is 0 Å². The van der Waals surface area contributed by atoms with Crippen LogP contribution in [0.5, 0.6) is 0 Å². The molecule has 0 aliphatic carbocycles. The predicted molar refractivity (Wildman–Crippen MR) is 72.2 cm³/mol. The summed E-state index contributed by atoms with van der Waals surface area (Å²) < 4.78 is 0. The van der Waals surface area contributed by atoms with E-state index in [1.807, 2.05) is 11.8 Å². The fourth-order valence-corrected chi connectivity index (χ4v) is 3.29. The van der Waals surface area contributed by atoms with Crippen LogP contribution in [-0.4, -0.2) is 12.3 Å². The highest BCUT2D eigenvalue weighted by Gasteiger charge is 2.18. The van der Waals surface area contributed by atoms with Crippen molar-refractivity contribution in [2.45, 2.75) is 44.0 Å². The molecule has 1 unspecified atom stereocenters. The van der Waals surface area contributed by atoms with Crippen molar-refractivity contribution in [1.82, 2.24) is 5.32 Å². The molecule has 0 saturated carbocycles. The predicted octanol–water partition coefficient (Wildman–Crippen LogP) is 3.92. The molecule has 1 N–H and O–H groups in total. The molecule has 1 nitrogen and oxygen atoms in total. The molecular formula is C14H21NS. The van der Waals surface area contributed by atoms with Crippen LogP contribution < -0.4 is 5.32 Å². The van der Waals surface area contributed by atoms with Crippen LogP contribution in [0.3, 0.4) is 0 Å². The van der Waals surface area contributed by atoms with Gasteiger partial charge in [0.25, 0.3) is 0 Å². The Bertz CT molecular complexity index is 349. The molecular weight excluding hydrogens is 214 g/mol. The van der Waals surface area contributed by atoms with Gasteiger partial charge in [0.1, 0.15) is 0 Å². The number of thioether (sulfide) groups is 1. The van der Waals surface area contributed by atoms with Crippen molar-refractivity contribution >= 4 is 11.8 Å². The van der Waals surface area contributed by atoms with Crippen LogP contribution >= 0.6 is 11.8 Å². The van der Waals surface area contributed by atoms with Crippen molar-refractivity contribution in [2.24, 2.45) is 0 Å². The molecule has 1 aliphatic heterocycles. The fourth-order valence-electron chi connectivity index (χ4n) is 2.23. The van der Waals surface area contributed by atoms with Crippen LogP contribution in [0.2, 0.25) is 0 Å². The van der Waals surface area contributed by atoms with Crippen molar-refractivity contribution in [3.8, 4) is 0 Å². The average Bonchev–Trinajstić information content (AvgIpc) is 2.48. The van der Waals surface area contributed by atoms with E-state index in [-0.39, 0.29) is 0 Å². The molecule has 1 aromatic carbocycles. The summed E-state index contributed by atoms with van der Waals surface area (Å²) in [4.78, 5) is 1.48. The maximum atomic E-state index is 3.68. The first-order chi connectivity index (χ1) is 7.81. The van der Waals surface area contributed by atoms with E-state index in [4.69, 9.17) is 0 Å². The Balaban J connectivity index is 2.24. The summed E-state index contributed by atoms with van der Waals surface area (Å²) in [7, 11) is 0. The van der Waals surface area contributed by atoms with Gasteiger partial charge < -0.3 is 5.32 Å². The monoisotopic (exact) mass is 235 g/mol. The van der Waals surface area contributed by atoms with Gasteiger partial charge in [0, 0.05) is 10.9 Å². The SMILES string of the molecule is CCCNC1CCCSc2ccc(C)cc21. The Labute approximate surface area is 103 Å². The fraction of sp³-hybridized carbons (Fsp3) is 0.571. The molecule has 0 saturated heterocycles. The second kappa shape index (κ2) is 5.74. The van der Waals surface area contributed by atoms with Crippen LogP contribution in [0, 0.1) is 6.92 Å². The Morgan fingerprint density at radius 3 is 3.12 bits per heavy atom. The highest BCUT2D eigenvalue weighted by atomic mass is 32.2. The molecule has 0 spiro atoms. The molecule has 1 heterocycles. The minimum atomic E-state index is 0.574. The number of nitrogens with one attached hydrogen (secondary N) is 1. The van der Waals surface area contributed by atoms with E-state index in [0.29, 0.717) is 6.04 Å². The number of hydrogen-bond acceptors (Lipinski definition) is 2. The highest BCUT2D eigenvalue weighted by molar-refractivity contribution is 7.99. The third-order valence-corrected chi connectivity index (χ3v) is 4.25. The Kier molecular flexibility index (Phi) is 4.30. The Morgan fingerprint density at radius 1 is 1.44 bits per heavy atom. The zero-order valence-electron chi connectivity index (χ0n) is 10.3. The molecule has 0 aromatic heterocycles. The number of hydrogen-bond donors (Lipinski definition) is 1. The van der Waals surface area contributed by atoms with Gasteiger partial charge in [-0.1, -0.05) is 24.6 Å². The van der Waals surface area contributed by atoms with E-state index in [1.165, 1.54) is 41.0 Å². The quantitative estimate of drug-likeness (QED) is 0.852. The molecule has 0 radical (unpaired) electrons. The number of rotatable bonds is 3. The average molecular weight is 235 g/mol. The zero-order chi connectivity index (χ0) is 11.4. The Hall–Kier alpha value is -0.470. The summed E-state index contributed by atoms with van der Waals surface area (Å²) in [5.74, 6) is 1.26. The lowest BCUT2D eigenvalue weighted by Crippen LogP contribution is -2.22. The molecule has 1 aromatic rings. The van der Waals surface area contributed by atoms with E-state index in [2.05, 4.69) is 37.4 Å². The number of fused-ring (bicyclic) bond motifs is 1. The van der Waals surface area contributed by atoms with Crippen LogP contribution in [0.25, 0.3) is 0 Å². The first-order valence-corrected chi connectivity index (χ1v) is 7.26. The van der Waals surface area contributed by atoms with Crippen LogP contribution in [0.4, 0.5) is 0 Å². The minimum Gasteiger partial charge on any atom is -0.310 e. The van der Waals surface area contributed by atoms with Crippen molar-refractivity contribution in [3.05, 3.63) is 29.3 Å². The topological polar surface area (TPSA) is 12.0 Å². The lowest BCUT2D eigenvalue weighted by atomic mass is 10.0. The summed E-state index contributed by atoms with van der Waals surface area (Å²) >= 11 is 2.02. The first-order valence-electron chi connectivity index (χ1n) is 6.28. The van der Waals surface area contributed by atoms with Gasteiger partial charge in [-0.25, -0.2) is 0 Å².